The van der Waals surface area contributed by atoms with Crippen molar-refractivity contribution < 1.29 is 10.0 Å². The molecule has 0 amide bonds. The number of nitrogens with one attached hydrogen (secondary N) is 1. The molecule has 1 atom stereocenters. The van der Waals surface area contributed by atoms with Gasteiger partial charge < -0.3 is 10.4 Å². The lowest BCUT2D eigenvalue weighted by molar-refractivity contribution is -0.386. The van der Waals surface area contributed by atoms with Crippen molar-refractivity contribution in [3.05, 3.63) is 33.4 Å². The van der Waals surface area contributed by atoms with Crippen LogP contribution < -0.4 is 5.32 Å². The number of piperazine rings is 1. The highest BCUT2D eigenvalue weighted by Crippen LogP contribution is 2.46. The molecule has 0 aromatic heterocycles. The summed E-state index contributed by atoms with van der Waals surface area (Å²) in [6, 6.07) is 4.68. The van der Waals surface area contributed by atoms with E-state index >= 15 is 0 Å². The number of phenols is 1. The summed E-state index contributed by atoms with van der Waals surface area (Å²) in [5.41, 5.74) is 0.379. The van der Waals surface area contributed by atoms with Gasteiger partial charge in [-0.1, -0.05) is 6.42 Å². The third-order valence-corrected chi connectivity index (χ3v) is 4.91. The van der Waals surface area contributed by atoms with Crippen molar-refractivity contribution in [2.75, 3.05) is 26.2 Å². The number of nitro groups is 1. The SMILES string of the molecule is Cl.Cl.N#Cc1cc([C@@H](C2CCC2)N2CCNCC2)c(O)c([N+](=O)[O-])c1. The predicted molar refractivity (Wildman–Crippen MR) is 98.5 cm³/mol. The summed E-state index contributed by atoms with van der Waals surface area (Å²) in [6.45, 7) is 3.41. The number of aromatic hydroxyl groups is 1. The van der Waals surface area contributed by atoms with Crippen LogP contribution in [0.1, 0.15) is 36.4 Å². The second kappa shape index (κ2) is 9.20. The maximum Gasteiger partial charge on any atom is 0.312 e. The van der Waals surface area contributed by atoms with Gasteiger partial charge in [0.15, 0.2) is 5.75 Å². The molecule has 138 valence electrons. The first-order valence-corrected chi connectivity index (χ1v) is 7.98. The van der Waals surface area contributed by atoms with Crippen LogP contribution in [-0.2, 0) is 0 Å². The van der Waals surface area contributed by atoms with Gasteiger partial charge in [-0.3, -0.25) is 15.0 Å². The van der Waals surface area contributed by atoms with Crippen LogP contribution in [0.2, 0.25) is 0 Å². The first-order valence-electron chi connectivity index (χ1n) is 7.98. The normalized spacial score (nSPS) is 18.8. The summed E-state index contributed by atoms with van der Waals surface area (Å²) in [5.74, 6) is 0.0944. The van der Waals surface area contributed by atoms with Gasteiger partial charge in [0.2, 0.25) is 0 Å². The molecule has 3 rings (SSSR count). The van der Waals surface area contributed by atoms with E-state index in [1.54, 1.807) is 6.07 Å². The van der Waals surface area contributed by atoms with E-state index in [1.807, 2.05) is 6.07 Å². The van der Waals surface area contributed by atoms with Crippen LogP contribution in [0.4, 0.5) is 5.69 Å². The molecule has 2 N–H and O–H groups in total. The van der Waals surface area contributed by atoms with E-state index in [2.05, 4.69) is 10.2 Å². The van der Waals surface area contributed by atoms with Crippen molar-refractivity contribution in [1.82, 2.24) is 10.2 Å². The lowest BCUT2D eigenvalue weighted by Crippen LogP contribution is -2.47. The number of nitro benzene ring substituents is 1. The molecule has 1 aliphatic heterocycles. The molecule has 0 radical (unpaired) electrons. The summed E-state index contributed by atoms with van der Waals surface area (Å²) in [5, 5.41) is 34.1. The molecule has 2 aliphatic rings. The minimum absolute atomic E-state index is 0. The molecular weight excluding hydrogens is 367 g/mol. The minimum Gasteiger partial charge on any atom is -0.502 e. The van der Waals surface area contributed by atoms with Gasteiger partial charge in [0.1, 0.15) is 0 Å². The zero-order valence-corrected chi connectivity index (χ0v) is 15.3. The van der Waals surface area contributed by atoms with E-state index in [9.17, 15) is 20.5 Å². The quantitative estimate of drug-likeness (QED) is 0.607. The zero-order valence-electron chi connectivity index (χ0n) is 13.7. The Labute approximate surface area is 159 Å². The Morgan fingerprint density at radius 1 is 1.32 bits per heavy atom. The van der Waals surface area contributed by atoms with Crippen molar-refractivity contribution >= 4 is 30.5 Å². The van der Waals surface area contributed by atoms with E-state index in [0.29, 0.717) is 11.5 Å². The Balaban J connectivity index is 0.00000156. The smallest absolute Gasteiger partial charge is 0.312 e. The van der Waals surface area contributed by atoms with Gasteiger partial charge in [0.05, 0.1) is 16.6 Å². The maximum absolute atomic E-state index is 11.2. The van der Waals surface area contributed by atoms with Crippen LogP contribution in [0, 0.1) is 27.4 Å². The highest BCUT2D eigenvalue weighted by atomic mass is 35.5. The number of rotatable bonds is 4. The van der Waals surface area contributed by atoms with Crippen LogP contribution in [-0.4, -0.2) is 41.1 Å². The van der Waals surface area contributed by atoms with Crippen molar-refractivity contribution in [2.45, 2.75) is 25.3 Å². The summed E-state index contributed by atoms with van der Waals surface area (Å²) in [6.07, 6.45) is 3.26. The summed E-state index contributed by atoms with van der Waals surface area (Å²) < 4.78 is 0. The topological polar surface area (TPSA) is 102 Å². The standard InChI is InChI=1S/C16H20N4O3.2ClH/c17-10-11-8-13(16(21)14(9-11)20(22)23)15(12-2-1-3-12)19-6-4-18-5-7-19;;/h8-9,12,15,18,21H,1-7H2;2*1H/t15-;;/m1../s1. The van der Waals surface area contributed by atoms with Gasteiger partial charge in [0, 0.05) is 43.9 Å². The number of phenolic OH excluding ortho intramolecular Hbond substituents is 1. The Morgan fingerprint density at radius 2 is 1.96 bits per heavy atom. The molecule has 1 aromatic carbocycles. The molecule has 0 unspecified atom stereocenters. The molecule has 1 aliphatic carbocycles. The number of hydrogen-bond acceptors (Lipinski definition) is 6. The minimum atomic E-state index is -0.616. The number of nitrogens with zero attached hydrogens (tertiary/aromatic N) is 3. The van der Waals surface area contributed by atoms with E-state index in [4.69, 9.17) is 0 Å². The third kappa shape index (κ3) is 4.33. The average Bonchev–Trinajstić information content (AvgIpc) is 2.52. The zero-order chi connectivity index (χ0) is 16.4. The Hall–Kier alpha value is -1.59. The van der Waals surface area contributed by atoms with Gasteiger partial charge in [-0.2, -0.15) is 5.26 Å². The Morgan fingerprint density at radius 3 is 2.44 bits per heavy atom. The molecule has 9 heteroatoms. The second-order valence-electron chi connectivity index (χ2n) is 6.22. The molecule has 1 aromatic rings. The van der Waals surface area contributed by atoms with E-state index in [0.717, 1.165) is 51.5 Å². The van der Waals surface area contributed by atoms with Crippen molar-refractivity contribution in [3.8, 4) is 11.8 Å². The molecule has 0 spiro atoms. The van der Waals surface area contributed by atoms with Gasteiger partial charge in [-0.25, -0.2) is 0 Å². The monoisotopic (exact) mass is 388 g/mol. The van der Waals surface area contributed by atoms with Crippen LogP contribution in [0.5, 0.6) is 5.75 Å². The Kier molecular flexibility index (Phi) is 7.90. The molecule has 7 nitrogen and oxygen atoms in total. The largest absolute Gasteiger partial charge is 0.502 e. The van der Waals surface area contributed by atoms with Crippen LogP contribution >= 0.6 is 24.8 Å². The van der Waals surface area contributed by atoms with E-state index in [-0.39, 0.29) is 47.9 Å². The highest BCUT2D eigenvalue weighted by molar-refractivity contribution is 5.85. The maximum atomic E-state index is 11.2. The average molecular weight is 389 g/mol. The number of hydrogen-bond donors (Lipinski definition) is 2. The van der Waals surface area contributed by atoms with Gasteiger partial charge in [-0.15, -0.1) is 24.8 Å². The first kappa shape index (κ1) is 21.5. The number of nitriles is 1. The summed E-state index contributed by atoms with van der Waals surface area (Å²) >= 11 is 0. The van der Waals surface area contributed by atoms with E-state index in [1.165, 1.54) is 0 Å². The van der Waals surface area contributed by atoms with Crippen molar-refractivity contribution in [2.24, 2.45) is 5.92 Å². The van der Waals surface area contributed by atoms with Gasteiger partial charge >= 0.3 is 5.69 Å². The fourth-order valence-electron chi connectivity index (χ4n) is 3.53. The van der Waals surface area contributed by atoms with E-state index < -0.39 is 4.92 Å². The summed E-state index contributed by atoms with van der Waals surface area (Å²) in [4.78, 5) is 12.9. The molecule has 2 fully saturated rings. The fraction of sp³-hybridized carbons (Fsp3) is 0.562. The van der Waals surface area contributed by atoms with Gasteiger partial charge in [0.25, 0.3) is 0 Å². The highest BCUT2D eigenvalue weighted by Gasteiger charge is 2.37. The molecular formula is C16H22Cl2N4O3. The molecule has 25 heavy (non-hydrogen) atoms. The molecule has 1 heterocycles. The predicted octanol–water partition coefficient (Wildman–Crippen LogP) is 2.76. The lowest BCUT2D eigenvalue weighted by Gasteiger charge is -2.43. The summed E-state index contributed by atoms with van der Waals surface area (Å²) in [7, 11) is 0. The van der Waals surface area contributed by atoms with Crippen LogP contribution in [0.25, 0.3) is 0 Å². The third-order valence-electron chi connectivity index (χ3n) is 4.91. The fourth-order valence-corrected chi connectivity index (χ4v) is 3.53. The van der Waals surface area contributed by atoms with Crippen molar-refractivity contribution in [1.29, 1.82) is 5.26 Å². The van der Waals surface area contributed by atoms with Gasteiger partial charge in [-0.05, 0) is 24.8 Å². The first-order chi connectivity index (χ1) is 11.1. The molecule has 1 saturated carbocycles. The van der Waals surface area contributed by atoms with Crippen LogP contribution in [0.15, 0.2) is 12.1 Å². The number of benzene rings is 1. The molecule has 0 bridgehead atoms. The second-order valence-corrected chi connectivity index (χ2v) is 6.22. The lowest BCUT2D eigenvalue weighted by atomic mass is 9.75. The van der Waals surface area contributed by atoms with Crippen molar-refractivity contribution in [3.63, 3.8) is 0 Å². The number of halogens is 2. The van der Waals surface area contributed by atoms with Crippen LogP contribution in [0.3, 0.4) is 0 Å². The molecule has 1 saturated heterocycles. The Bertz CT molecular complexity index is 656.